The molecule has 2 aliphatic carbocycles. The number of carbonyl (C=O) groups is 1. The molecule has 3 fully saturated rings. The van der Waals surface area contributed by atoms with Crippen molar-refractivity contribution in [1.82, 2.24) is 25.0 Å². The number of carbonyl (C=O) groups excluding carboxylic acids is 1. The van der Waals surface area contributed by atoms with E-state index in [1.807, 2.05) is 18.5 Å². The van der Waals surface area contributed by atoms with Crippen LogP contribution >= 0.6 is 0 Å². The zero-order valence-electron chi connectivity index (χ0n) is 15.3. The minimum absolute atomic E-state index is 0.0593. The summed E-state index contributed by atoms with van der Waals surface area (Å²) >= 11 is 0. The van der Waals surface area contributed by atoms with Gasteiger partial charge in [-0.25, -0.2) is 9.67 Å². The number of aryl methyl sites for hydroxylation is 2. The van der Waals surface area contributed by atoms with Crippen LogP contribution < -0.4 is 5.32 Å². The molecular formula is C18H29N5O2. The first-order chi connectivity index (χ1) is 12.1. The van der Waals surface area contributed by atoms with Gasteiger partial charge in [0.1, 0.15) is 11.6 Å². The van der Waals surface area contributed by atoms with Gasteiger partial charge in [-0.05, 0) is 51.4 Å². The van der Waals surface area contributed by atoms with Gasteiger partial charge < -0.3 is 10.1 Å². The molecule has 0 aromatic carbocycles. The van der Waals surface area contributed by atoms with Gasteiger partial charge in [-0.3, -0.25) is 9.69 Å². The van der Waals surface area contributed by atoms with E-state index >= 15 is 0 Å². The summed E-state index contributed by atoms with van der Waals surface area (Å²) in [5.74, 6) is 3.36. The molecule has 1 aromatic rings. The Labute approximate surface area is 149 Å². The molecule has 1 atom stereocenters. The molecule has 1 aromatic heterocycles. The standard InChI is InChI=1S/C18H29N5O2/c1-12-19-13(2)23(21-12)10-16-9-22(7-8-25-16)11-17(24)20-18(14-3-4-14)15-5-6-15/h14-16,18H,3-11H2,1-2H3,(H,20,24). The van der Waals surface area contributed by atoms with Crippen LogP contribution in [-0.2, 0) is 16.1 Å². The van der Waals surface area contributed by atoms with E-state index in [9.17, 15) is 4.79 Å². The summed E-state index contributed by atoms with van der Waals surface area (Å²) in [5.41, 5.74) is 0. The third-order valence-corrected chi connectivity index (χ3v) is 5.52. The van der Waals surface area contributed by atoms with Gasteiger partial charge in [-0.1, -0.05) is 0 Å². The third-order valence-electron chi connectivity index (χ3n) is 5.52. The molecule has 25 heavy (non-hydrogen) atoms. The van der Waals surface area contributed by atoms with E-state index < -0.39 is 0 Å². The van der Waals surface area contributed by atoms with Gasteiger partial charge in [0.2, 0.25) is 5.91 Å². The maximum atomic E-state index is 12.5. The predicted octanol–water partition coefficient (Wildman–Crippen LogP) is 0.901. The van der Waals surface area contributed by atoms with Crippen molar-refractivity contribution in [3.05, 3.63) is 11.6 Å². The summed E-state index contributed by atoms with van der Waals surface area (Å²) in [7, 11) is 0. The van der Waals surface area contributed by atoms with Crippen LogP contribution in [-0.4, -0.2) is 64.0 Å². The molecule has 2 heterocycles. The van der Waals surface area contributed by atoms with E-state index in [0.717, 1.165) is 36.6 Å². The summed E-state index contributed by atoms with van der Waals surface area (Å²) in [6.07, 6.45) is 5.22. The van der Waals surface area contributed by atoms with Crippen molar-refractivity contribution in [1.29, 1.82) is 0 Å². The third kappa shape index (κ3) is 4.39. The van der Waals surface area contributed by atoms with E-state index in [4.69, 9.17) is 4.74 Å². The number of nitrogens with one attached hydrogen (secondary N) is 1. The fraction of sp³-hybridized carbons (Fsp3) is 0.833. The highest BCUT2D eigenvalue weighted by atomic mass is 16.5. The zero-order valence-corrected chi connectivity index (χ0v) is 15.3. The smallest absolute Gasteiger partial charge is 0.234 e. The van der Waals surface area contributed by atoms with Crippen molar-refractivity contribution in [2.45, 2.75) is 58.2 Å². The monoisotopic (exact) mass is 347 g/mol. The fourth-order valence-corrected chi connectivity index (χ4v) is 3.93. The van der Waals surface area contributed by atoms with Crippen LogP contribution in [0.3, 0.4) is 0 Å². The summed E-state index contributed by atoms with van der Waals surface area (Å²) < 4.78 is 7.78. The van der Waals surface area contributed by atoms with E-state index in [-0.39, 0.29) is 12.0 Å². The molecule has 2 saturated carbocycles. The zero-order chi connectivity index (χ0) is 17.4. The van der Waals surface area contributed by atoms with Crippen LogP contribution in [0.25, 0.3) is 0 Å². The van der Waals surface area contributed by atoms with Crippen molar-refractivity contribution in [2.24, 2.45) is 11.8 Å². The minimum Gasteiger partial charge on any atom is -0.374 e. The van der Waals surface area contributed by atoms with Crippen molar-refractivity contribution >= 4 is 5.91 Å². The van der Waals surface area contributed by atoms with Gasteiger partial charge in [0.15, 0.2) is 0 Å². The highest BCUT2D eigenvalue weighted by molar-refractivity contribution is 5.78. The topological polar surface area (TPSA) is 72.3 Å². The molecule has 7 heteroatoms. The largest absolute Gasteiger partial charge is 0.374 e. The van der Waals surface area contributed by atoms with Crippen molar-refractivity contribution < 1.29 is 9.53 Å². The molecule has 3 aliphatic rings. The van der Waals surface area contributed by atoms with Crippen LogP contribution in [0.1, 0.15) is 37.3 Å². The SMILES string of the molecule is Cc1nc(C)n(CC2CN(CC(=O)NC(C3CC3)C3CC3)CCO2)n1. The Morgan fingerprint density at radius 1 is 1.28 bits per heavy atom. The van der Waals surface area contributed by atoms with Crippen molar-refractivity contribution in [2.75, 3.05) is 26.2 Å². The molecule has 1 N–H and O–H groups in total. The lowest BCUT2D eigenvalue weighted by Crippen LogP contribution is -2.50. The van der Waals surface area contributed by atoms with E-state index in [0.29, 0.717) is 25.7 Å². The van der Waals surface area contributed by atoms with Crippen LogP contribution in [0.5, 0.6) is 0 Å². The number of hydrogen-bond acceptors (Lipinski definition) is 5. The molecule has 7 nitrogen and oxygen atoms in total. The lowest BCUT2D eigenvalue weighted by Gasteiger charge is -2.33. The summed E-state index contributed by atoms with van der Waals surface area (Å²) in [5, 5.41) is 7.73. The van der Waals surface area contributed by atoms with E-state index in [1.165, 1.54) is 25.7 Å². The second-order valence-corrected chi connectivity index (χ2v) is 7.88. The molecular weight excluding hydrogens is 318 g/mol. The Kier molecular flexibility index (Phi) is 4.78. The molecule has 0 radical (unpaired) electrons. The molecule has 1 unspecified atom stereocenters. The van der Waals surface area contributed by atoms with Crippen LogP contribution in [0.15, 0.2) is 0 Å². The number of morpholine rings is 1. The average molecular weight is 347 g/mol. The number of ether oxygens (including phenoxy) is 1. The second-order valence-electron chi connectivity index (χ2n) is 7.88. The number of nitrogens with zero attached hydrogens (tertiary/aromatic N) is 4. The van der Waals surface area contributed by atoms with E-state index in [1.54, 1.807) is 0 Å². The van der Waals surface area contributed by atoms with Crippen molar-refractivity contribution in [3.8, 4) is 0 Å². The summed E-state index contributed by atoms with van der Waals surface area (Å²) in [6.45, 7) is 7.28. The lowest BCUT2D eigenvalue weighted by molar-refractivity contribution is -0.125. The molecule has 0 bridgehead atoms. The quantitative estimate of drug-likeness (QED) is 0.793. The summed E-state index contributed by atoms with van der Waals surface area (Å²) in [6, 6.07) is 0.435. The van der Waals surface area contributed by atoms with Gasteiger partial charge in [-0.15, -0.1) is 0 Å². The number of hydrogen-bond donors (Lipinski definition) is 1. The van der Waals surface area contributed by atoms with Crippen molar-refractivity contribution in [3.63, 3.8) is 0 Å². The second kappa shape index (κ2) is 7.03. The number of rotatable bonds is 7. The lowest BCUT2D eigenvalue weighted by atomic mass is 10.1. The Bertz CT molecular complexity index is 611. The Morgan fingerprint density at radius 2 is 2.00 bits per heavy atom. The maximum absolute atomic E-state index is 12.5. The molecule has 1 saturated heterocycles. The molecule has 1 aliphatic heterocycles. The first-order valence-electron chi connectivity index (χ1n) is 9.60. The molecule has 138 valence electrons. The fourth-order valence-electron chi connectivity index (χ4n) is 3.93. The maximum Gasteiger partial charge on any atom is 0.234 e. The van der Waals surface area contributed by atoms with Gasteiger partial charge >= 0.3 is 0 Å². The van der Waals surface area contributed by atoms with Gasteiger partial charge in [-0.2, -0.15) is 5.10 Å². The van der Waals surface area contributed by atoms with Gasteiger partial charge in [0, 0.05) is 19.1 Å². The van der Waals surface area contributed by atoms with E-state index in [2.05, 4.69) is 20.3 Å². The highest BCUT2D eigenvalue weighted by Gasteiger charge is 2.42. The Morgan fingerprint density at radius 3 is 2.60 bits per heavy atom. The predicted molar refractivity (Wildman–Crippen MR) is 93.1 cm³/mol. The van der Waals surface area contributed by atoms with Crippen LogP contribution in [0.2, 0.25) is 0 Å². The number of aromatic nitrogens is 3. The van der Waals surface area contributed by atoms with Gasteiger partial charge in [0.25, 0.3) is 0 Å². The van der Waals surface area contributed by atoms with Crippen LogP contribution in [0, 0.1) is 25.7 Å². The molecule has 1 amide bonds. The summed E-state index contributed by atoms with van der Waals surface area (Å²) in [4.78, 5) is 19.0. The number of amides is 1. The van der Waals surface area contributed by atoms with Gasteiger partial charge in [0.05, 0.1) is 25.8 Å². The van der Waals surface area contributed by atoms with Crippen LogP contribution in [0.4, 0.5) is 0 Å². The first-order valence-corrected chi connectivity index (χ1v) is 9.60. The Hall–Kier alpha value is -1.47. The molecule has 0 spiro atoms. The normalized spacial score (nSPS) is 24.7. The Balaban J connectivity index is 1.27. The molecule has 4 rings (SSSR count). The minimum atomic E-state index is 0.0593. The first kappa shape index (κ1) is 17.0. The average Bonchev–Trinajstić information content (AvgIpc) is 3.46. The highest BCUT2D eigenvalue weighted by Crippen LogP contribution is 2.44.